The van der Waals surface area contributed by atoms with Crippen molar-refractivity contribution in [1.29, 1.82) is 0 Å². The van der Waals surface area contributed by atoms with Gasteiger partial charge in [-0.15, -0.1) is 0 Å². The second kappa shape index (κ2) is 6.68. The Balaban J connectivity index is 2.04. The Morgan fingerprint density at radius 3 is 2.80 bits per heavy atom. The molecule has 1 aromatic rings. The summed E-state index contributed by atoms with van der Waals surface area (Å²) in [6, 6.07) is 3.97. The van der Waals surface area contributed by atoms with E-state index in [9.17, 15) is 14.5 Å². The summed E-state index contributed by atoms with van der Waals surface area (Å²) < 4.78 is 13.4. The molecule has 0 saturated heterocycles. The Kier molecular flexibility index (Phi) is 4.93. The predicted octanol–water partition coefficient (Wildman–Crippen LogP) is 4.50. The van der Waals surface area contributed by atoms with Crippen molar-refractivity contribution in [3.05, 3.63) is 34.1 Å². The lowest BCUT2D eigenvalue weighted by atomic mass is 9.98. The quantitative estimate of drug-likeness (QED) is 0.501. The van der Waals surface area contributed by atoms with Crippen molar-refractivity contribution in [3.63, 3.8) is 0 Å². The third-order valence-electron chi connectivity index (χ3n) is 4.13. The molecule has 5 heteroatoms. The lowest BCUT2D eigenvalue weighted by molar-refractivity contribution is -0.385. The minimum Gasteiger partial charge on any atom is -0.382 e. The average molecular weight is 280 g/mol. The van der Waals surface area contributed by atoms with E-state index >= 15 is 0 Å². The van der Waals surface area contributed by atoms with E-state index < -0.39 is 10.7 Å². The molecule has 1 aromatic carbocycles. The van der Waals surface area contributed by atoms with Crippen LogP contribution in [0.25, 0.3) is 0 Å². The zero-order valence-electron chi connectivity index (χ0n) is 11.8. The molecule has 0 radical (unpaired) electrons. The van der Waals surface area contributed by atoms with E-state index in [2.05, 4.69) is 12.2 Å². The maximum Gasteiger partial charge on any atom is 0.274 e. The molecule has 0 spiro atoms. The van der Waals surface area contributed by atoms with Gasteiger partial charge in [0, 0.05) is 17.8 Å². The second-order valence-electron chi connectivity index (χ2n) is 5.58. The smallest absolute Gasteiger partial charge is 0.274 e. The molecule has 2 rings (SSSR count). The van der Waals surface area contributed by atoms with Crippen molar-refractivity contribution in [3.8, 4) is 0 Å². The van der Waals surface area contributed by atoms with Gasteiger partial charge in [0.15, 0.2) is 0 Å². The number of nitrogens with one attached hydrogen (secondary N) is 1. The molecule has 20 heavy (non-hydrogen) atoms. The van der Waals surface area contributed by atoms with Gasteiger partial charge in [-0.25, -0.2) is 4.39 Å². The standard InChI is InChI=1S/C15H21FN2O2/c1-2-11-4-3-5-13(7-6-11)17-14-8-12(16)9-15(10-14)18(19)20/h8-11,13,17H,2-7H2,1H3. The molecule has 4 nitrogen and oxygen atoms in total. The van der Waals surface area contributed by atoms with E-state index in [0.717, 1.165) is 31.2 Å². The van der Waals surface area contributed by atoms with Crippen molar-refractivity contribution in [2.75, 3.05) is 5.32 Å². The van der Waals surface area contributed by atoms with Crippen LogP contribution in [0.1, 0.15) is 45.4 Å². The fourth-order valence-corrected chi connectivity index (χ4v) is 2.93. The number of nitro groups is 1. The summed E-state index contributed by atoms with van der Waals surface area (Å²) in [4.78, 5) is 10.2. The van der Waals surface area contributed by atoms with E-state index in [0.29, 0.717) is 5.69 Å². The highest BCUT2D eigenvalue weighted by atomic mass is 19.1. The summed E-state index contributed by atoms with van der Waals surface area (Å²) in [5.41, 5.74) is 0.309. The predicted molar refractivity (Wildman–Crippen MR) is 77.3 cm³/mol. The fraction of sp³-hybridized carbons (Fsp3) is 0.600. The molecule has 0 amide bonds. The molecule has 1 N–H and O–H groups in total. The first kappa shape index (κ1) is 14.8. The van der Waals surface area contributed by atoms with Gasteiger partial charge >= 0.3 is 0 Å². The molecule has 110 valence electrons. The highest BCUT2D eigenvalue weighted by Crippen LogP contribution is 2.28. The van der Waals surface area contributed by atoms with Gasteiger partial charge in [-0.2, -0.15) is 0 Å². The van der Waals surface area contributed by atoms with Crippen LogP contribution in [-0.2, 0) is 0 Å². The number of non-ortho nitro benzene ring substituents is 1. The minimum atomic E-state index is -0.568. The molecule has 2 atom stereocenters. The van der Waals surface area contributed by atoms with Crippen molar-refractivity contribution in [2.45, 2.75) is 51.5 Å². The summed E-state index contributed by atoms with van der Waals surface area (Å²) in [6.07, 6.45) is 6.87. The van der Waals surface area contributed by atoms with Gasteiger partial charge in [0.25, 0.3) is 5.69 Å². The van der Waals surface area contributed by atoms with Gasteiger partial charge in [0.05, 0.1) is 11.0 Å². The Morgan fingerprint density at radius 2 is 2.10 bits per heavy atom. The molecule has 0 heterocycles. The summed E-state index contributed by atoms with van der Waals surface area (Å²) >= 11 is 0. The zero-order valence-corrected chi connectivity index (χ0v) is 11.8. The molecule has 1 aliphatic carbocycles. The number of hydrogen-bond donors (Lipinski definition) is 1. The van der Waals surface area contributed by atoms with E-state index in [-0.39, 0.29) is 11.7 Å². The maximum atomic E-state index is 13.4. The van der Waals surface area contributed by atoms with Crippen LogP contribution in [0.3, 0.4) is 0 Å². The Hall–Kier alpha value is -1.65. The molecule has 0 bridgehead atoms. The van der Waals surface area contributed by atoms with Crippen LogP contribution >= 0.6 is 0 Å². The monoisotopic (exact) mass is 280 g/mol. The normalized spacial score (nSPS) is 23.1. The van der Waals surface area contributed by atoms with Crippen LogP contribution in [0, 0.1) is 21.8 Å². The first-order valence-corrected chi connectivity index (χ1v) is 7.30. The molecule has 0 aromatic heterocycles. The minimum absolute atomic E-state index is 0.201. The van der Waals surface area contributed by atoms with Gasteiger partial charge in [-0.3, -0.25) is 10.1 Å². The van der Waals surface area contributed by atoms with Crippen LogP contribution in [0.5, 0.6) is 0 Å². The molecular weight excluding hydrogens is 259 g/mol. The van der Waals surface area contributed by atoms with Crippen LogP contribution in [-0.4, -0.2) is 11.0 Å². The largest absolute Gasteiger partial charge is 0.382 e. The first-order chi connectivity index (χ1) is 9.58. The number of anilines is 1. The molecule has 0 aliphatic heterocycles. The van der Waals surface area contributed by atoms with Crippen LogP contribution in [0.15, 0.2) is 18.2 Å². The lowest BCUT2D eigenvalue weighted by Crippen LogP contribution is -2.18. The van der Waals surface area contributed by atoms with Crippen LogP contribution in [0.2, 0.25) is 0 Å². The lowest BCUT2D eigenvalue weighted by Gasteiger charge is -2.18. The second-order valence-corrected chi connectivity index (χ2v) is 5.58. The summed E-state index contributed by atoms with van der Waals surface area (Å²) in [5.74, 6) is 0.213. The van der Waals surface area contributed by atoms with Gasteiger partial charge < -0.3 is 5.32 Å². The number of rotatable bonds is 4. The van der Waals surface area contributed by atoms with E-state index in [1.54, 1.807) is 0 Å². The number of hydrogen-bond acceptors (Lipinski definition) is 3. The molecule has 1 aliphatic rings. The fourth-order valence-electron chi connectivity index (χ4n) is 2.93. The van der Waals surface area contributed by atoms with Crippen molar-refractivity contribution in [2.24, 2.45) is 5.92 Å². The Morgan fingerprint density at radius 1 is 1.30 bits per heavy atom. The van der Waals surface area contributed by atoms with Gasteiger partial charge in [0.2, 0.25) is 0 Å². The molecule has 1 fully saturated rings. The maximum absolute atomic E-state index is 13.4. The van der Waals surface area contributed by atoms with Crippen molar-refractivity contribution >= 4 is 11.4 Å². The third kappa shape index (κ3) is 3.92. The van der Waals surface area contributed by atoms with E-state index in [1.807, 2.05) is 0 Å². The molecular formula is C15H21FN2O2. The van der Waals surface area contributed by atoms with Crippen molar-refractivity contribution < 1.29 is 9.31 Å². The van der Waals surface area contributed by atoms with Gasteiger partial charge in [-0.05, 0) is 31.2 Å². The summed E-state index contributed by atoms with van der Waals surface area (Å²) in [7, 11) is 0. The highest BCUT2D eigenvalue weighted by molar-refractivity contribution is 5.52. The number of benzene rings is 1. The first-order valence-electron chi connectivity index (χ1n) is 7.30. The van der Waals surface area contributed by atoms with Gasteiger partial charge in [-0.1, -0.05) is 26.2 Å². The third-order valence-corrected chi connectivity index (χ3v) is 4.13. The zero-order chi connectivity index (χ0) is 14.5. The van der Waals surface area contributed by atoms with Crippen LogP contribution < -0.4 is 5.32 Å². The molecule has 2 unspecified atom stereocenters. The Labute approximate surface area is 118 Å². The van der Waals surface area contributed by atoms with Crippen molar-refractivity contribution in [1.82, 2.24) is 0 Å². The summed E-state index contributed by atoms with van der Waals surface area (Å²) in [6.45, 7) is 2.22. The highest BCUT2D eigenvalue weighted by Gasteiger charge is 2.18. The summed E-state index contributed by atoms with van der Waals surface area (Å²) in [5, 5.41) is 14.0. The number of nitro benzene ring substituents is 1. The Bertz CT molecular complexity index is 479. The van der Waals surface area contributed by atoms with E-state index in [1.165, 1.54) is 31.4 Å². The van der Waals surface area contributed by atoms with Crippen LogP contribution in [0.4, 0.5) is 15.8 Å². The topological polar surface area (TPSA) is 55.2 Å². The van der Waals surface area contributed by atoms with E-state index in [4.69, 9.17) is 0 Å². The average Bonchev–Trinajstić information content (AvgIpc) is 2.63. The molecule has 1 saturated carbocycles. The number of halogens is 1. The van der Waals surface area contributed by atoms with Gasteiger partial charge in [0.1, 0.15) is 5.82 Å². The number of nitrogens with zero attached hydrogens (tertiary/aromatic N) is 1. The SMILES string of the molecule is CCC1CCCC(Nc2cc(F)cc([N+](=O)[O-])c2)CC1.